The van der Waals surface area contributed by atoms with E-state index in [0.29, 0.717) is 5.92 Å². The molecule has 0 heterocycles. The van der Waals surface area contributed by atoms with Gasteiger partial charge in [0.25, 0.3) is 0 Å². The zero-order valence-corrected chi connectivity index (χ0v) is 20.3. The van der Waals surface area contributed by atoms with Gasteiger partial charge in [-0.2, -0.15) is 0 Å². The van der Waals surface area contributed by atoms with Gasteiger partial charge in [-0.15, -0.1) is 0 Å². The van der Waals surface area contributed by atoms with Gasteiger partial charge in [-0.25, -0.2) is 0 Å². The van der Waals surface area contributed by atoms with Crippen molar-refractivity contribution in [2.75, 3.05) is 0 Å². The van der Waals surface area contributed by atoms with E-state index < -0.39 is 18.4 Å². The molecule has 0 fully saturated rings. The summed E-state index contributed by atoms with van der Waals surface area (Å²) in [5, 5.41) is 0. The number of benzene rings is 1. The van der Waals surface area contributed by atoms with Crippen LogP contribution in [-0.4, -0.2) is 18.4 Å². The second-order valence-electron chi connectivity index (χ2n) is 7.86. The Morgan fingerprint density at radius 2 is 1.32 bits per heavy atom. The molecule has 0 aliphatic heterocycles. The maximum atomic E-state index is 4.29. The summed E-state index contributed by atoms with van der Waals surface area (Å²) in [5.74, 6) is 0.576. The quantitative estimate of drug-likeness (QED) is 0.197. The van der Waals surface area contributed by atoms with E-state index >= 15 is 0 Å². The molecule has 1 aromatic rings. The molecular formula is C24H42Sn. The number of allylic oxidation sites excluding steroid dienone is 1. The average Bonchev–Trinajstić information content (AvgIpc) is 2.66. The standard InChI is InChI=1S/C12H15.3C4H9.Sn/c1-3-8-11(4-2)12-9-6-5-7-10-12;3*1-3-4-2;/h4-11H,2-3H2,1H3;3*1,3-4H2,2H3;. The van der Waals surface area contributed by atoms with Crippen LogP contribution >= 0.6 is 0 Å². The summed E-state index contributed by atoms with van der Waals surface area (Å²) >= 11 is -2.25. The Kier molecular flexibility index (Phi) is 11.9. The maximum absolute atomic E-state index is 4.29. The van der Waals surface area contributed by atoms with E-state index in [1.807, 2.05) is 0 Å². The van der Waals surface area contributed by atoms with E-state index in [9.17, 15) is 0 Å². The first-order valence-corrected chi connectivity index (χ1v) is 18.6. The van der Waals surface area contributed by atoms with E-state index in [4.69, 9.17) is 0 Å². The van der Waals surface area contributed by atoms with Crippen molar-refractivity contribution in [3.05, 3.63) is 48.6 Å². The first-order chi connectivity index (χ1) is 12.2. The Balaban J connectivity index is 3.24. The molecule has 0 nitrogen and oxygen atoms in total. The third kappa shape index (κ3) is 6.77. The molecule has 2 atom stereocenters. The summed E-state index contributed by atoms with van der Waals surface area (Å²) in [4.78, 5) is 0. The summed E-state index contributed by atoms with van der Waals surface area (Å²) in [7, 11) is 0. The van der Waals surface area contributed by atoms with Crippen molar-refractivity contribution in [2.45, 2.75) is 95.8 Å². The van der Waals surface area contributed by atoms with E-state index in [1.165, 1.54) is 50.5 Å². The molecule has 0 aliphatic rings. The minimum atomic E-state index is -2.25. The monoisotopic (exact) mass is 450 g/mol. The molecule has 1 rings (SSSR count). The van der Waals surface area contributed by atoms with Crippen LogP contribution in [0.5, 0.6) is 0 Å². The molecule has 0 spiro atoms. The van der Waals surface area contributed by atoms with Crippen LogP contribution in [0.4, 0.5) is 0 Å². The molecule has 0 aromatic heterocycles. The average molecular weight is 449 g/mol. The summed E-state index contributed by atoms with van der Waals surface area (Å²) in [6, 6.07) is 11.2. The molecule has 0 saturated carbocycles. The predicted molar refractivity (Wildman–Crippen MR) is 118 cm³/mol. The third-order valence-corrected chi connectivity index (χ3v) is 24.4. The van der Waals surface area contributed by atoms with Crippen LogP contribution in [0, 0.1) is 0 Å². The van der Waals surface area contributed by atoms with Gasteiger partial charge in [0.2, 0.25) is 0 Å². The first-order valence-electron chi connectivity index (χ1n) is 10.9. The molecule has 0 aliphatic carbocycles. The fraction of sp³-hybridized carbons (Fsp3) is 0.667. The van der Waals surface area contributed by atoms with Crippen molar-refractivity contribution in [1.82, 2.24) is 0 Å². The van der Waals surface area contributed by atoms with Crippen LogP contribution in [0.25, 0.3) is 0 Å². The molecule has 1 heteroatoms. The van der Waals surface area contributed by atoms with Crippen LogP contribution in [0.1, 0.15) is 84.1 Å². The Morgan fingerprint density at radius 3 is 1.68 bits per heavy atom. The SMILES string of the molecule is C=CC(c1ccccc1)[CH](CC)[Sn]([CH2]CCC)([CH2]CCC)[CH2]CCC. The second-order valence-corrected chi connectivity index (χ2v) is 22.0. The molecular weight excluding hydrogens is 407 g/mol. The first kappa shape index (κ1) is 22.8. The minimum absolute atomic E-state index is 0.576. The van der Waals surface area contributed by atoms with Gasteiger partial charge >= 0.3 is 163 Å². The normalized spacial score (nSPS) is 14.2. The summed E-state index contributed by atoms with van der Waals surface area (Å²) in [6.07, 6.45) is 12.1. The molecule has 0 saturated heterocycles. The van der Waals surface area contributed by atoms with Crippen LogP contribution < -0.4 is 0 Å². The van der Waals surface area contributed by atoms with Crippen LogP contribution in [0.3, 0.4) is 0 Å². The molecule has 25 heavy (non-hydrogen) atoms. The topological polar surface area (TPSA) is 0 Å². The Bertz CT molecular complexity index is 429. The van der Waals surface area contributed by atoms with E-state index in [-0.39, 0.29) is 0 Å². The van der Waals surface area contributed by atoms with Gasteiger partial charge in [0, 0.05) is 0 Å². The molecule has 1 aromatic carbocycles. The zero-order valence-electron chi connectivity index (χ0n) is 17.4. The summed E-state index contributed by atoms with van der Waals surface area (Å²) < 4.78 is 5.71. The van der Waals surface area contributed by atoms with E-state index in [2.05, 4.69) is 70.7 Å². The molecule has 0 bridgehead atoms. The zero-order chi connectivity index (χ0) is 18.5. The number of rotatable bonds is 14. The van der Waals surface area contributed by atoms with Crippen molar-refractivity contribution >= 4 is 18.4 Å². The van der Waals surface area contributed by atoms with Crippen molar-refractivity contribution < 1.29 is 0 Å². The van der Waals surface area contributed by atoms with Gasteiger partial charge in [0.1, 0.15) is 0 Å². The second kappa shape index (κ2) is 13.0. The van der Waals surface area contributed by atoms with E-state index in [1.54, 1.807) is 13.3 Å². The Labute approximate surface area is 162 Å². The molecule has 0 N–H and O–H groups in total. The Hall–Kier alpha value is -0.241. The van der Waals surface area contributed by atoms with Gasteiger partial charge in [-0.3, -0.25) is 0 Å². The number of unbranched alkanes of at least 4 members (excludes halogenated alkanes) is 3. The van der Waals surface area contributed by atoms with Gasteiger partial charge in [0.15, 0.2) is 0 Å². The Morgan fingerprint density at radius 1 is 0.840 bits per heavy atom. The number of hydrogen-bond acceptors (Lipinski definition) is 0. The molecule has 0 radical (unpaired) electrons. The third-order valence-electron chi connectivity index (χ3n) is 6.18. The van der Waals surface area contributed by atoms with Crippen LogP contribution in [0.2, 0.25) is 17.2 Å². The summed E-state index contributed by atoms with van der Waals surface area (Å²) in [6.45, 7) is 13.9. The summed E-state index contributed by atoms with van der Waals surface area (Å²) in [5.41, 5.74) is 1.51. The van der Waals surface area contributed by atoms with Gasteiger partial charge in [-0.1, -0.05) is 0 Å². The molecule has 2 unspecified atom stereocenters. The van der Waals surface area contributed by atoms with E-state index in [0.717, 1.165) is 3.93 Å². The number of hydrogen-bond donors (Lipinski definition) is 0. The van der Waals surface area contributed by atoms with Crippen molar-refractivity contribution in [3.8, 4) is 0 Å². The molecule has 0 amide bonds. The van der Waals surface area contributed by atoms with Gasteiger partial charge in [0.05, 0.1) is 0 Å². The fourth-order valence-electron chi connectivity index (χ4n) is 4.79. The van der Waals surface area contributed by atoms with Crippen LogP contribution in [-0.2, 0) is 0 Å². The van der Waals surface area contributed by atoms with Gasteiger partial charge in [-0.05, 0) is 0 Å². The van der Waals surface area contributed by atoms with Crippen LogP contribution in [0.15, 0.2) is 43.0 Å². The van der Waals surface area contributed by atoms with Gasteiger partial charge < -0.3 is 0 Å². The predicted octanol–water partition coefficient (Wildman–Crippen LogP) is 8.59. The fourth-order valence-corrected chi connectivity index (χ4v) is 24.7. The van der Waals surface area contributed by atoms with Crippen molar-refractivity contribution in [1.29, 1.82) is 0 Å². The molecule has 142 valence electrons. The van der Waals surface area contributed by atoms with Crippen molar-refractivity contribution in [2.24, 2.45) is 0 Å². The van der Waals surface area contributed by atoms with Crippen molar-refractivity contribution in [3.63, 3.8) is 0 Å².